The van der Waals surface area contributed by atoms with Crippen molar-refractivity contribution < 1.29 is 4.74 Å². The van der Waals surface area contributed by atoms with Crippen LogP contribution in [0.2, 0.25) is 0 Å². The minimum atomic E-state index is 0.513. The van der Waals surface area contributed by atoms with Gasteiger partial charge in [0.2, 0.25) is 0 Å². The molecule has 3 N–H and O–H groups in total. The minimum absolute atomic E-state index is 0.513. The Morgan fingerprint density at radius 3 is 2.88 bits per heavy atom. The van der Waals surface area contributed by atoms with Gasteiger partial charge in [-0.1, -0.05) is 6.07 Å². The van der Waals surface area contributed by atoms with Crippen LogP contribution >= 0.6 is 0 Å². The van der Waals surface area contributed by atoms with Gasteiger partial charge in [-0.2, -0.15) is 5.10 Å². The van der Waals surface area contributed by atoms with Crippen LogP contribution in [-0.4, -0.2) is 24.4 Å². The zero-order chi connectivity index (χ0) is 12.3. The second kappa shape index (κ2) is 4.78. The number of aromatic nitrogens is 2. The molecular weight excluding hydrogens is 216 g/mol. The largest absolute Gasteiger partial charge is 0.497 e. The summed E-state index contributed by atoms with van der Waals surface area (Å²) in [4.78, 5) is 2.09. The van der Waals surface area contributed by atoms with Gasteiger partial charge in [0.15, 0.2) is 0 Å². The van der Waals surface area contributed by atoms with Gasteiger partial charge >= 0.3 is 0 Å². The van der Waals surface area contributed by atoms with Crippen molar-refractivity contribution in [2.45, 2.75) is 6.54 Å². The Hall–Kier alpha value is -2.17. The van der Waals surface area contributed by atoms with E-state index < -0.39 is 0 Å². The first-order valence-corrected chi connectivity index (χ1v) is 5.34. The summed E-state index contributed by atoms with van der Waals surface area (Å²) < 4.78 is 5.19. The van der Waals surface area contributed by atoms with Crippen molar-refractivity contribution in [1.82, 2.24) is 10.2 Å². The number of benzene rings is 1. The van der Waals surface area contributed by atoms with Crippen LogP contribution in [0.25, 0.3) is 0 Å². The van der Waals surface area contributed by atoms with Crippen molar-refractivity contribution in [2.75, 3.05) is 24.8 Å². The van der Waals surface area contributed by atoms with E-state index in [0.29, 0.717) is 5.82 Å². The molecule has 0 saturated heterocycles. The number of rotatable bonds is 4. The Morgan fingerprint density at radius 2 is 2.24 bits per heavy atom. The van der Waals surface area contributed by atoms with Crippen LogP contribution < -0.4 is 15.4 Å². The van der Waals surface area contributed by atoms with E-state index in [4.69, 9.17) is 10.5 Å². The standard InChI is InChI=1S/C12H16N4O/c1-16(8-9-6-12(13)15-14-9)10-4-3-5-11(7-10)17-2/h3-7H,8H2,1-2H3,(H3,13,14,15). The lowest BCUT2D eigenvalue weighted by molar-refractivity contribution is 0.415. The first-order valence-electron chi connectivity index (χ1n) is 5.34. The first-order chi connectivity index (χ1) is 8.19. The Bertz CT molecular complexity index is 495. The molecule has 90 valence electrons. The first kappa shape index (κ1) is 11.3. The zero-order valence-electron chi connectivity index (χ0n) is 9.97. The Kier molecular flexibility index (Phi) is 3.18. The Morgan fingerprint density at radius 1 is 1.41 bits per heavy atom. The number of H-pyrrole nitrogens is 1. The molecule has 0 amide bonds. The maximum absolute atomic E-state index is 5.56. The van der Waals surface area contributed by atoms with Gasteiger partial charge in [0.05, 0.1) is 19.3 Å². The number of nitrogens with one attached hydrogen (secondary N) is 1. The van der Waals surface area contributed by atoms with Gasteiger partial charge in [-0.3, -0.25) is 5.10 Å². The Balaban J connectivity index is 2.11. The van der Waals surface area contributed by atoms with Gasteiger partial charge in [-0.25, -0.2) is 0 Å². The van der Waals surface area contributed by atoms with Crippen LogP contribution in [0.1, 0.15) is 5.69 Å². The molecule has 1 heterocycles. The molecule has 0 radical (unpaired) electrons. The van der Waals surface area contributed by atoms with Crippen molar-refractivity contribution in [1.29, 1.82) is 0 Å². The lowest BCUT2D eigenvalue weighted by Gasteiger charge is -2.18. The third-order valence-corrected chi connectivity index (χ3v) is 2.55. The number of nitrogen functional groups attached to an aromatic ring is 1. The molecule has 0 unspecified atom stereocenters. The number of aromatic amines is 1. The molecule has 5 nitrogen and oxygen atoms in total. The fraction of sp³-hybridized carbons (Fsp3) is 0.250. The third-order valence-electron chi connectivity index (χ3n) is 2.55. The molecule has 0 saturated carbocycles. The van der Waals surface area contributed by atoms with Gasteiger partial charge < -0.3 is 15.4 Å². The highest BCUT2D eigenvalue weighted by atomic mass is 16.5. The number of nitrogens with two attached hydrogens (primary N) is 1. The van der Waals surface area contributed by atoms with Crippen molar-refractivity contribution in [3.05, 3.63) is 36.0 Å². The number of hydrogen-bond acceptors (Lipinski definition) is 4. The molecule has 0 fully saturated rings. The third kappa shape index (κ3) is 2.69. The zero-order valence-corrected chi connectivity index (χ0v) is 9.97. The van der Waals surface area contributed by atoms with E-state index in [2.05, 4.69) is 15.1 Å². The molecule has 1 aromatic carbocycles. The topological polar surface area (TPSA) is 67.2 Å². The quantitative estimate of drug-likeness (QED) is 0.841. The van der Waals surface area contributed by atoms with E-state index in [1.165, 1.54) is 0 Å². The van der Waals surface area contributed by atoms with E-state index in [0.717, 1.165) is 23.7 Å². The highest BCUT2D eigenvalue weighted by Gasteiger charge is 2.05. The van der Waals surface area contributed by atoms with Gasteiger partial charge in [0, 0.05) is 24.9 Å². The van der Waals surface area contributed by atoms with Crippen molar-refractivity contribution in [3.8, 4) is 5.75 Å². The van der Waals surface area contributed by atoms with E-state index in [1.54, 1.807) is 7.11 Å². The van der Waals surface area contributed by atoms with Crippen molar-refractivity contribution in [2.24, 2.45) is 0 Å². The van der Waals surface area contributed by atoms with E-state index >= 15 is 0 Å². The minimum Gasteiger partial charge on any atom is -0.497 e. The molecule has 0 aliphatic heterocycles. The number of anilines is 2. The van der Waals surface area contributed by atoms with Gasteiger partial charge in [0.25, 0.3) is 0 Å². The molecule has 1 aromatic heterocycles. The number of methoxy groups -OCH3 is 1. The normalized spacial score (nSPS) is 10.2. The maximum atomic E-state index is 5.56. The van der Waals surface area contributed by atoms with Crippen LogP contribution in [0, 0.1) is 0 Å². The van der Waals surface area contributed by atoms with Crippen LogP contribution in [0.4, 0.5) is 11.5 Å². The second-order valence-electron chi connectivity index (χ2n) is 3.88. The number of nitrogens with zero attached hydrogens (tertiary/aromatic N) is 2. The molecule has 17 heavy (non-hydrogen) atoms. The SMILES string of the molecule is COc1cccc(N(C)Cc2cc(N)n[nH]2)c1. The second-order valence-corrected chi connectivity index (χ2v) is 3.88. The maximum Gasteiger partial charge on any atom is 0.145 e. The lowest BCUT2D eigenvalue weighted by atomic mass is 10.2. The van der Waals surface area contributed by atoms with Crippen molar-refractivity contribution in [3.63, 3.8) is 0 Å². The van der Waals surface area contributed by atoms with E-state index in [-0.39, 0.29) is 0 Å². The smallest absolute Gasteiger partial charge is 0.145 e. The summed E-state index contributed by atoms with van der Waals surface area (Å²) in [5, 5.41) is 6.79. The summed E-state index contributed by atoms with van der Waals surface area (Å²) in [7, 11) is 3.67. The average Bonchev–Trinajstić information content (AvgIpc) is 2.75. The van der Waals surface area contributed by atoms with E-state index in [9.17, 15) is 0 Å². The summed E-state index contributed by atoms with van der Waals surface area (Å²) >= 11 is 0. The molecular formula is C12H16N4O. The highest BCUT2D eigenvalue weighted by molar-refractivity contribution is 5.50. The monoisotopic (exact) mass is 232 g/mol. The molecule has 0 bridgehead atoms. The summed E-state index contributed by atoms with van der Waals surface area (Å²) in [5.74, 6) is 1.36. The van der Waals surface area contributed by atoms with Gasteiger partial charge in [0.1, 0.15) is 11.6 Å². The van der Waals surface area contributed by atoms with Crippen LogP contribution in [0.15, 0.2) is 30.3 Å². The van der Waals surface area contributed by atoms with Crippen LogP contribution in [0.5, 0.6) is 5.75 Å². The fourth-order valence-electron chi connectivity index (χ4n) is 1.66. The Labute approximate surface area is 100 Å². The molecule has 2 rings (SSSR count). The highest BCUT2D eigenvalue weighted by Crippen LogP contribution is 2.21. The molecule has 0 spiro atoms. The molecule has 5 heteroatoms. The van der Waals surface area contributed by atoms with Crippen LogP contribution in [-0.2, 0) is 6.54 Å². The molecule has 0 aliphatic rings. The number of ether oxygens (including phenoxy) is 1. The molecule has 0 atom stereocenters. The number of hydrogen-bond donors (Lipinski definition) is 2. The fourth-order valence-corrected chi connectivity index (χ4v) is 1.66. The van der Waals surface area contributed by atoms with Crippen LogP contribution in [0.3, 0.4) is 0 Å². The van der Waals surface area contributed by atoms with Gasteiger partial charge in [-0.15, -0.1) is 0 Å². The van der Waals surface area contributed by atoms with Crippen molar-refractivity contribution >= 4 is 11.5 Å². The summed E-state index contributed by atoms with van der Waals surface area (Å²) in [6.45, 7) is 0.720. The summed E-state index contributed by atoms with van der Waals surface area (Å²) in [6, 6.07) is 9.73. The molecule has 2 aromatic rings. The van der Waals surface area contributed by atoms with Gasteiger partial charge in [-0.05, 0) is 12.1 Å². The van der Waals surface area contributed by atoms with E-state index in [1.807, 2.05) is 37.4 Å². The lowest BCUT2D eigenvalue weighted by Crippen LogP contribution is -2.16. The summed E-state index contributed by atoms with van der Waals surface area (Å²) in [5.41, 5.74) is 7.62. The predicted molar refractivity (Wildman–Crippen MR) is 68.1 cm³/mol. The predicted octanol–water partition coefficient (Wildman–Crippen LogP) is 1.64. The molecule has 0 aliphatic carbocycles. The average molecular weight is 232 g/mol. The summed E-state index contributed by atoms with van der Waals surface area (Å²) in [6.07, 6.45) is 0.